The molecule has 0 spiro atoms. The second-order valence-corrected chi connectivity index (χ2v) is 9.17. The molecule has 2 fully saturated rings. The third-order valence-electron chi connectivity index (χ3n) is 7.43. The van der Waals surface area contributed by atoms with Gasteiger partial charge < -0.3 is 25.6 Å². The molecule has 3 N–H and O–H groups in total. The molecule has 0 saturated carbocycles. The molecule has 1 aromatic rings. The molecule has 3 rings (SSSR count). The van der Waals surface area contributed by atoms with Gasteiger partial charge in [-0.05, 0) is 62.8 Å². The first-order chi connectivity index (χ1) is 14.8. The van der Waals surface area contributed by atoms with Crippen LogP contribution in [0.15, 0.2) is 0 Å². The van der Waals surface area contributed by atoms with Crippen LogP contribution in [0, 0.1) is 27.7 Å². The van der Waals surface area contributed by atoms with Crippen molar-refractivity contribution in [1.82, 2.24) is 14.7 Å². The van der Waals surface area contributed by atoms with Crippen LogP contribution in [-0.4, -0.2) is 92.7 Å². The van der Waals surface area contributed by atoms with E-state index < -0.39 is 0 Å². The smallest absolute Gasteiger partial charge is 0.241 e. The predicted molar refractivity (Wildman–Crippen MR) is 128 cm³/mol. The number of benzene rings is 1. The number of nitrogen functional groups attached to an aromatic ring is 1. The molecule has 2 aliphatic heterocycles. The Morgan fingerprint density at radius 2 is 1.48 bits per heavy atom. The summed E-state index contributed by atoms with van der Waals surface area (Å²) in [6.07, 6.45) is 2.09. The average molecular weight is 432 g/mol. The Kier molecular flexibility index (Phi) is 8.19. The number of likely N-dealkylation sites (tertiary alicyclic amines) is 1. The summed E-state index contributed by atoms with van der Waals surface area (Å²) >= 11 is 0. The standard InChI is InChI=1S/C24H41N5O2/c1-17-19(3)24(20(4)18(2)23(17)25)26-16-22(30)27(5)21-6-8-28(9-7-21)10-11-29-12-14-31-15-13-29/h21,26H,6-16,25H2,1-5H3. The topological polar surface area (TPSA) is 74.1 Å². The maximum atomic E-state index is 12.9. The first kappa shape index (κ1) is 23.8. The highest BCUT2D eigenvalue weighted by molar-refractivity contribution is 5.82. The molecule has 0 aromatic heterocycles. The Hall–Kier alpha value is -1.83. The minimum absolute atomic E-state index is 0.151. The molecule has 7 heteroatoms. The molecule has 0 atom stereocenters. The van der Waals surface area contributed by atoms with Crippen molar-refractivity contribution in [3.05, 3.63) is 22.3 Å². The summed E-state index contributed by atoms with van der Waals surface area (Å²) < 4.78 is 5.43. The SMILES string of the molecule is Cc1c(C)c(NCC(=O)N(C)C2CCN(CCN3CCOCC3)CC2)c(C)c(C)c1N. The van der Waals surface area contributed by atoms with Gasteiger partial charge in [-0.15, -0.1) is 0 Å². The first-order valence-corrected chi connectivity index (χ1v) is 11.7. The number of anilines is 2. The van der Waals surface area contributed by atoms with Gasteiger partial charge in [0, 0.05) is 63.7 Å². The fourth-order valence-corrected chi connectivity index (χ4v) is 4.74. The van der Waals surface area contributed by atoms with Gasteiger partial charge in [0.2, 0.25) is 5.91 Å². The van der Waals surface area contributed by atoms with E-state index in [0.717, 1.165) is 99.0 Å². The molecule has 0 bridgehead atoms. The van der Waals surface area contributed by atoms with Crippen LogP contribution in [0.25, 0.3) is 0 Å². The number of carbonyl (C=O) groups excluding carboxylic acids is 1. The minimum atomic E-state index is 0.151. The summed E-state index contributed by atoms with van der Waals surface area (Å²) in [7, 11) is 1.96. The summed E-state index contributed by atoms with van der Waals surface area (Å²) in [5.41, 5.74) is 12.6. The average Bonchev–Trinajstić information content (AvgIpc) is 2.80. The lowest BCUT2D eigenvalue weighted by molar-refractivity contribution is -0.130. The number of hydrogen-bond donors (Lipinski definition) is 2. The lowest BCUT2D eigenvalue weighted by Crippen LogP contribution is -2.49. The number of ether oxygens (including phenoxy) is 1. The van der Waals surface area contributed by atoms with Crippen LogP contribution in [0.1, 0.15) is 35.1 Å². The molecule has 2 heterocycles. The molecule has 7 nitrogen and oxygen atoms in total. The van der Waals surface area contributed by atoms with Crippen molar-refractivity contribution >= 4 is 17.3 Å². The normalized spacial score (nSPS) is 18.9. The summed E-state index contributed by atoms with van der Waals surface area (Å²) in [6, 6.07) is 0.325. The number of amides is 1. The molecule has 0 aliphatic carbocycles. The highest BCUT2D eigenvalue weighted by Gasteiger charge is 2.26. The summed E-state index contributed by atoms with van der Waals surface area (Å²) in [4.78, 5) is 19.9. The highest BCUT2D eigenvalue weighted by Crippen LogP contribution is 2.32. The Balaban J connectivity index is 1.46. The number of nitrogens with two attached hydrogens (primary N) is 1. The summed E-state index contributed by atoms with van der Waals surface area (Å²) in [5.74, 6) is 0.151. The van der Waals surface area contributed by atoms with Gasteiger partial charge in [0.25, 0.3) is 0 Å². The number of nitrogens with zero attached hydrogens (tertiary/aromatic N) is 3. The van der Waals surface area contributed by atoms with Crippen LogP contribution < -0.4 is 11.1 Å². The number of hydrogen-bond acceptors (Lipinski definition) is 6. The van der Waals surface area contributed by atoms with Crippen molar-refractivity contribution < 1.29 is 9.53 Å². The molecule has 0 radical (unpaired) electrons. The van der Waals surface area contributed by atoms with Gasteiger partial charge in [0.05, 0.1) is 19.8 Å². The third kappa shape index (κ3) is 5.70. The number of rotatable bonds is 7. The van der Waals surface area contributed by atoms with Gasteiger partial charge in [-0.1, -0.05) is 0 Å². The maximum absolute atomic E-state index is 12.9. The van der Waals surface area contributed by atoms with Gasteiger partial charge >= 0.3 is 0 Å². The van der Waals surface area contributed by atoms with Gasteiger partial charge in [0.1, 0.15) is 0 Å². The molecule has 0 unspecified atom stereocenters. The number of nitrogens with one attached hydrogen (secondary N) is 1. The van der Waals surface area contributed by atoms with Gasteiger partial charge in [-0.25, -0.2) is 0 Å². The van der Waals surface area contributed by atoms with Crippen molar-refractivity contribution in [2.45, 2.75) is 46.6 Å². The van der Waals surface area contributed by atoms with Gasteiger partial charge in [0.15, 0.2) is 0 Å². The van der Waals surface area contributed by atoms with E-state index in [0.29, 0.717) is 12.6 Å². The van der Waals surface area contributed by atoms with Gasteiger partial charge in [-0.2, -0.15) is 0 Å². The van der Waals surface area contributed by atoms with E-state index in [2.05, 4.69) is 29.0 Å². The van der Waals surface area contributed by atoms with Crippen LogP contribution in [0.2, 0.25) is 0 Å². The zero-order chi connectivity index (χ0) is 22.5. The monoisotopic (exact) mass is 431 g/mol. The van der Waals surface area contributed by atoms with Crippen molar-refractivity contribution in [3.63, 3.8) is 0 Å². The molecule has 174 valence electrons. The van der Waals surface area contributed by atoms with Crippen LogP contribution in [0.5, 0.6) is 0 Å². The fraction of sp³-hybridized carbons (Fsp3) is 0.708. The predicted octanol–water partition coefficient (Wildman–Crippen LogP) is 2.17. The van der Waals surface area contributed by atoms with E-state index in [9.17, 15) is 4.79 Å². The molecule has 1 amide bonds. The number of carbonyl (C=O) groups is 1. The Bertz CT molecular complexity index is 739. The molecule has 1 aromatic carbocycles. The first-order valence-electron chi connectivity index (χ1n) is 11.7. The number of piperidine rings is 1. The van der Waals surface area contributed by atoms with Crippen LogP contribution in [-0.2, 0) is 9.53 Å². The van der Waals surface area contributed by atoms with Crippen molar-refractivity contribution in [3.8, 4) is 0 Å². The van der Waals surface area contributed by atoms with Crippen LogP contribution in [0.4, 0.5) is 11.4 Å². The lowest BCUT2D eigenvalue weighted by atomic mass is 9.96. The zero-order valence-electron chi connectivity index (χ0n) is 20.1. The van der Waals surface area contributed by atoms with Crippen molar-refractivity contribution in [2.75, 3.05) is 77.1 Å². The van der Waals surface area contributed by atoms with E-state index in [1.165, 1.54) is 0 Å². The lowest BCUT2D eigenvalue weighted by Gasteiger charge is -2.38. The summed E-state index contributed by atoms with van der Waals surface area (Å²) in [5, 5.41) is 3.40. The second-order valence-electron chi connectivity index (χ2n) is 9.17. The molecule has 31 heavy (non-hydrogen) atoms. The quantitative estimate of drug-likeness (QED) is 0.645. The fourth-order valence-electron chi connectivity index (χ4n) is 4.74. The van der Waals surface area contributed by atoms with Crippen molar-refractivity contribution in [1.29, 1.82) is 0 Å². The van der Waals surface area contributed by atoms with E-state index in [1.54, 1.807) is 0 Å². The zero-order valence-corrected chi connectivity index (χ0v) is 20.1. The Morgan fingerprint density at radius 1 is 0.968 bits per heavy atom. The third-order valence-corrected chi connectivity index (χ3v) is 7.43. The molecular weight excluding hydrogens is 390 g/mol. The highest BCUT2D eigenvalue weighted by atomic mass is 16.5. The van der Waals surface area contributed by atoms with Crippen LogP contribution in [0.3, 0.4) is 0 Å². The summed E-state index contributed by atoms with van der Waals surface area (Å²) in [6.45, 7) is 16.7. The minimum Gasteiger partial charge on any atom is -0.398 e. The maximum Gasteiger partial charge on any atom is 0.241 e. The molecule has 2 saturated heterocycles. The van der Waals surface area contributed by atoms with Gasteiger partial charge in [-0.3, -0.25) is 9.69 Å². The van der Waals surface area contributed by atoms with Crippen molar-refractivity contribution in [2.24, 2.45) is 0 Å². The molecule has 2 aliphatic rings. The second kappa shape index (κ2) is 10.7. The largest absolute Gasteiger partial charge is 0.398 e. The van der Waals surface area contributed by atoms with E-state index in [1.807, 2.05) is 25.8 Å². The van der Waals surface area contributed by atoms with E-state index >= 15 is 0 Å². The van der Waals surface area contributed by atoms with Crippen LogP contribution >= 0.6 is 0 Å². The molecular formula is C24H41N5O2. The number of likely N-dealkylation sites (N-methyl/N-ethyl adjacent to an activating group) is 1. The van der Waals surface area contributed by atoms with E-state index in [4.69, 9.17) is 10.5 Å². The van der Waals surface area contributed by atoms with E-state index in [-0.39, 0.29) is 5.91 Å². The number of morpholine rings is 1. The Morgan fingerprint density at radius 3 is 2.03 bits per heavy atom. The Labute approximate surface area is 187 Å².